The Bertz CT molecular complexity index is 1030. The highest BCUT2D eigenvalue weighted by Crippen LogP contribution is 2.28. The Kier molecular flexibility index (Phi) is 8.97. The van der Waals surface area contributed by atoms with Crippen molar-refractivity contribution in [3.8, 4) is 0 Å². The van der Waals surface area contributed by atoms with Crippen LogP contribution in [0.5, 0.6) is 0 Å². The Morgan fingerprint density at radius 3 is 2.36 bits per heavy atom. The summed E-state index contributed by atoms with van der Waals surface area (Å²) < 4.78 is 38.8. The van der Waals surface area contributed by atoms with Crippen molar-refractivity contribution in [1.29, 1.82) is 0 Å². The molecule has 2 aromatic rings. The minimum atomic E-state index is -1.60. The first-order valence-electron chi connectivity index (χ1n) is 11.8. The Balaban J connectivity index is 1.79. The summed E-state index contributed by atoms with van der Waals surface area (Å²) >= 11 is 0. The number of carbonyl (C=O) groups excluding carboxylic acids is 1. The second-order valence-electron chi connectivity index (χ2n) is 10.0. The smallest absolute Gasteiger partial charge is 0.410 e. The van der Waals surface area contributed by atoms with E-state index in [-0.39, 0.29) is 24.6 Å². The topological polar surface area (TPSA) is 102 Å². The van der Waals surface area contributed by atoms with E-state index in [4.69, 9.17) is 9.47 Å². The van der Waals surface area contributed by atoms with Crippen molar-refractivity contribution >= 4 is 6.09 Å². The van der Waals surface area contributed by atoms with Crippen molar-refractivity contribution in [3.63, 3.8) is 0 Å². The summed E-state index contributed by atoms with van der Waals surface area (Å²) in [6.07, 6.45) is -2.43. The van der Waals surface area contributed by atoms with E-state index in [1.165, 1.54) is 4.90 Å². The van der Waals surface area contributed by atoms with Crippen LogP contribution in [0.3, 0.4) is 0 Å². The number of rotatable bonds is 8. The van der Waals surface area contributed by atoms with Crippen molar-refractivity contribution in [1.82, 2.24) is 4.90 Å². The molecule has 196 valence electrons. The number of aliphatic hydroxyl groups excluding tert-OH is 1. The maximum Gasteiger partial charge on any atom is 0.410 e. The number of hydrogen-bond acceptors (Lipinski definition) is 6. The van der Waals surface area contributed by atoms with Crippen LogP contribution in [0.4, 0.5) is 13.6 Å². The van der Waals surface area contributed by atoms with E-state index >= 15 is 0 Å². The third-order valence-electron chi connectivity index (χ3n) is 5.97. The Hall–Kier alpha value is -3.11. The quantitative estimate of drug-likeness (QED) is 0.418. The lowest BCUT2D eigenvalue weighted by molar-refractivity contribution is -0.535. The van der Waals surface area contributed by atoms with E-state index in [9.17, 15) is 28.8 Å². The molecule has 1 amide bonds. The number of hydrogen-bond donors (Lipinski definition) is 1. The Labute approximate surface area is 209 Å². The molecule has 8 nitrogen and oxygen atoms in total. The molecule has 2 aromatic carbocycles. The van der Waals surface area contributed by atoms with E-state index in [0.29, 0.717) is 19.1 Å². The highest BCUT2D eigenvalue weighted by atomic mass is 19.1. The second kappa shape index (κ2) is 11.7. The zero-order valence-electron chi connectivity index (χ0n) is 20.6. The molecule has 0 aromatic heterocycles. The zero-order valence-corrected chi connectivity index (χ0v) is 20.6. The molecule has 4 atom stereocenters. The number of aliphatic hydroxyl groups is 1. The molecule has 2 unspecified atom stereocenters. The van der Waals surface area contributed by atoms with Gasteiger partial charge in [-0.1, -0.05) is 30.3 Å². The molecule has 1 aliphatic rings. The fourth-order valence-electron chi connectivity index (χ4n) is 4.32. The van der Waals surface area contributed by atoms with Gasteiger partial charge in [-0.3, -0.25) is 15.0 Å². The summed E-state index contributed by atoms with van der Waals surface area (Å²) in [5, 5.41) is 23.0. The van der Waals surface area contributed by atoms with Gasteiger partial charge in [0.2, 0.25) is 6.04 Å². The summed E-state index contributed by atoms with van der Waals surface area (Å²) in [7, 11) is 0. The van der Waals surface area contributed by atoms with E-state index in [0.717, 1.165) is 17.7 Å². The average Bonchev–Trinajstić information content (AvgIpc) is 2.79. The van der Waals surface area contributed by atoms with Crippen molar-refractivity contribution in [2.24, 2.45) is 0 Å². The van der Waals surface area contributed by atoms with E-state index in [1.54, 1.807) is 20.8 Å². The molecular weight excluding hydrogens is 474 g/mol. The molecule has 10 heteroatoms. The number of likely N-dealkylation sites (tertiary alicyclic amines) is 1. The van der Waals surface area contributed by atoms with Gasteiger partial charge in [0.25, 0.3) is 0 Å². The van der Waals surface area contributed by atoms with Gasteiger partial charge < -0.3 is 14.6 Å². The van der Waals surface area contributed by atoms with Crippen LogP contribution in [0, 0.1) is 21.7 Å². The SMILES string of the molecule is CC(C)(C)OC(=O)N1C[C@H](OCc2ccccc2)CC[C@@H]1C(O)C(Cc1cc(F)cc(F)c1)[N+](=O)[O-]. The minimum Gasteiger partial charge on any atom is -0.444 e. The monoisotopic (exact) mass is 506 g/mol. The van der Waals surface area contributed by atoms with Gasteiger partial charge >= 0.3 is 6.09 Å². The molecule has 1 aliphatic heterocycles. The molecule has 0 saturated carbocycles. The lowest BCUT2D eigenvalue weighted by atomic mass is 9.89. The van der Waals surface area contributed by atoms with Gasteiger partial charge in [0.15, 0.2) is 0 Å². The summed E-state index contributed by atoms with van der Waals surface area (Å²) in [6, 6.07) is 9.62. The fraction of sp³-hybridized carbons (Fsp3) is 0.500. The molecule has 1 heterocycles. The van der Waals surface area contributed by atoms with Gasteiger partial charge in [0.05, 0.1) is 25.3 Å². The number of nitro groups is 1. The van der Waals surface area contributed by atoms with Crippen LogP contribution in [-0.4, -0.2) is 57.5 Å². The van der Waals surface area contributed by atoms with Crippen LogP contribution < -0.4 is 0 Å². The van der Waals surface area contributed by atoms with Gasteiger partial charge in [-0.25, -0.2) is 13.6 Å². The van der Waals surface area contributed by atoms with Crippen LogP contribution in [0.2, 0.25) is 0 Å². The fourth-order valence-corrected chi connectivity index (χ4v) is 4.32. The molecular formula is C26H32F2N2O6. The lowest BCUT2D eigenvalue weighted by Crippen LogP contribution is -2.58. The van der Waals surface area contributed by atoms with Crippen LogP contribution in [0.15, 0.2) is 48.5 Å². The summed E-state index contributed by atoms with van der Waals surface area (Å²) in [5.74, 6) is -1.74. The molecule has 0 bridgehead atoms. The van der Waals surface area contributed by atoms with E-state index in [1.807, 2.05) is 30.3 Å². The standard InChI is InChI=1S/C26H32F2N2O6/c1-26(2,3)36-25(32)29-15-21(35-16-17-7-5-4-6-8-17)9-10-22(29)24(31)23(30(33)34)13-18-11-19(27)14-20(28)12-18/h4-8,11-12,14,21-24,31H,9-10,13,15-16H2,1-3H3/t21-,22-,23?,24?/m1/s1. The van der Waals surface area contributed by atoms with Crippen molar-refractivity contribution in [2.75, 3.05) is 6.54 Å². The number of piperidine rings is 1. The van der Waals surface area contributed by atoms with Crippen molar-refractivity contribution < 1.29 is 33.1 Å². The maximum absolute atomic E-state index is 13.6. The lowest BCUT2D eigenvalue weighted by Gasteiger charge is -2.42. The third-order valence-corrected chi connectivity index (χ3v) is 5.97. The zero-order chi connectivity index (χ0) is 26.5. The van der Waals surface area contributed by atoms with Crippen molar-refractivity contribution in [3.05, 3.63) is 81.4 Å². The Morgan fingerprint density at radius 1 is 1.14 bits per heavy atom. The summed E-state index contributed by atoms with van der Waals surface area (Å²) in [5.41, 5.74) is 0.169. The van der Waals surface area contributed by atoms with Gasteiger partial charge in [0, 0.05) is 17.4 Å². The number of nitrogens with zero attached hydrogens (tertiary/aromatic N) is 2. The molecule has 0 radical (unpaired) electrons. The second-order valence-corrected chi connectivity index (χ2v) is 10.0. The molecule has 1 N–H and O–H groups in total. The molecule has 0 spiro atoms. The van der Waals surface area contributed by atoms with Gasteiger partial charge in [-0.15, -0.1) is 0 Å². The molecule has 1 fully saturated rings. The number of benzene rings is 2. The molecule has 3 rings (SSSR count). The predicted octanol–water partition coefficient (Wildman–Crippen LogP) is 4.50. The third kappa shape index (κ3) is 7.69. The van der Waals surface area contributed by atoms with Gasteiger partial charge in [-0.2, -0.15) is 0 Å². The number of ether oxygens (including phenoxy) is 2. The first-order valence-corrected chi connectivity index (χ1v) is 11.8. The largest absolute Gasteiger partial charge is 0.444 e. The Morgan fingerprint density at radius 2 is 1.78 bits per heavy atom. The minimum absolute atomic E-state index is 0.0388. The number of amides is 1. The van der Waals surface area contributed by atoms with Gasteiger partial charge in [0.1, 0.15) is 23.3 Å². The van der Waals surface area contributed by atoms with Crippen LogP contribution in [-0.2, 0) is 22.5 Å². The normalized spacial score (nSPS) is 20.0. The van der Waals surface area contributed by atoms with Crippen LogP contribution in [0.25, 0.3) is 0 Å². The number of halogens is 2. The maximum atomic E-state index is 13.6. The van der Waals surface area contributed by atoms with Crippen molar-refractivity contribution in [2.45, 2.75) is 76.5 Å². The molecule has 0 aliphatic carbocycles. The summed E-state index contributed by atoms with van der Waals surface area (Å²) in [4.78, 5) is 25.5. The van der Waals surface area contributed by atoms with E-state index in [2.05, 4.69) is 0 Å². The number of carbonyl (C=O) groups is 1. The van der Waals surface area contributed by atoms with Gasteiger partial charge in [-0.05, 0) is 56.9 Å². The highest BCUT2D eigenvalue weighted by molar-refractivity contribution is 5.69. The summed E-state index contributed by atoms with van der Waals surface area (Å²) in [6.45, 7) is 5.48. The van der Waals surface area contributed by atoms with E-state index < -0.39 is 52.9 Å². The molecule has 36 heavy (non-hydrogen) atoms. The van der Waals surface area contributed by atoms with Crippen LogP contribution in [0.1, 0.15) is 44.7 Å². The first kappa shape index (κ1) is 27.5. The van der Waals surface area contributed by atoms with Crippen LogP contribution >= 0.6 is 0 Å². The predicted molar refractivity (Wildman–Crippen MR) is 128 cm³/mol. The average molecular weight is 507 g/mol. The molecule has 1 saturated heterocycles. The highest BCUT2D eigenvalue weighted by Gasteiger charge is 2.44. The first-order chi connectivity index (χ1) is 16.9.